The number of nitrogens with one attached hydrogen (secondary N) is 1. The zero-order chi connectivity index (χ0) is 20.4. The highest BCUT2D eigenvalue weighted by Gasteiger charge is 2.35. The Bertz CT molecular complexity index is 1100. The molecule has 29 heavy (non-hydrogen) atoms. The summed E-state index contributed by atoms with van der Waals surface area (Å²) in [5.41, 5.74) is 2.06. The van der Waals surface area contributed by atoms with Crippen LogP contribution in [-0.2, 0) is 20.9 Å². The minimum Gasteiger partial charge on any atom is -0.469 e. The van der Waals surface area contributed by atoms with Crippen molar-refractivity contribution >= 4 is 44.3 Å². The molecule has 0 unspecified atom stereocenters. The number of amides is 1. The number of carbonyl (C=O) groups is 2. The molecule has 0 radical (unpaired) electrons. The predicted octanol–water partition coefficient (Wildman–Crippen LogP) is 3.22. The summed E-state index contributed by atoms with van der Waals surface area (Å²) in [6.07, 6.45) is 1.47. The molecule has 2 aromatic heterocycles. The number of hydrazone groups is 1. The topological polar surface area (TPSA) is 97.0 Å². The van der Waals surface area contributed by atoms with Crippen LogP contribution in [0.1, 0.15) is 19.1 Å². The van der Waals surface area contributed by atoms with Gasteiger partial charge in [-0.3, -0.25) is 9.59 Å². The van der Waals surface area contributed by atoms with E-state index in [2.05, 4.69) is 15.4 Å². The quantitative estimate of drug-likeness (QED) is 0.495. The van der Waals surface area contributed by atoms with E-state index in [9.17, 15) is 9.59 Å². The molecule has 148 valence electrons. The molecule has 0 fully saturated rings. The number of esters is 1. The molecule has 0 spiro atoms. The summed E-state index contributed by atoms with van der Waals surface area (Å²) in [6.45, 7) is 2.17. The van der Waals surface area contributed by atoms with E-state index in [1.54, 1.807) is 19.3 Å². The standard InChI is InChI=1S/C20H18N4O4S/c1-12(21-11-13-6-5-9-28-13)18-15(10-17(25)27-2)23-24(19(18)26)20-22-14-7-3-4-8-16(14)29-20/h3-9,21H,10-11H2,1-2H3. The highest BCUT2D eigenvalue weighted by Crippen LogP contribution is 2.33. The maximum Gasteiger partial charge on any atom is 0.311 e. The minimum absolute atomic E-state index is 0.112. The summed E-state index contributed by atoms with van der Waals surface area (Å²) >= 11 is 1.36. The summed E-state index contributed by atoms with van der Waals surface area (Å²) in [5.74, 6) is -0.0867. The summed E-state index contributed by atoms with van der Waals surface area (Å²) in [7, 11) is 1.30. The second-order valence-electron chi connectivity index (χ2n) is 6.31. The molecule has 9 heteroatoms. The Morgan fingerprint density at radius 1 is 1.28 bits per heavy atom. The zero-order valence-electron chi connectivity index (χ0n) is 15.8. The number of hydrogen-bond acceptors (Lipinski definition) is 8. The van der Waals surface area contributed by atoms with Crippen molar-refractivity contribution in [3.05, 3.63) is 59.7 Å². The summed E-state index contributed by atoms with van der Waals surface area (Å²) in [4.78, 5) is 29.5. The molecule has 0 aliphatic carbocycles. The van der Waals surface area contributed by atoms with E-state index >= 15 is 0 Å². The molecule has 0 atom stereocenters. The number of carbonyl (C=O) groups excluding carboxylic acids is 2. The molecule has 1 amide bonds. The Labute approximate surface area is 170 Å². The third kappa shape index (κ3) is 3.77. The van der Waals surface area contributed by atoms with Crippen LogP contribution in [0, 0.1) is 0 Å². The summed E-state index contributed by atoms with van der Waals surface area (Å²) in [6, 6.07) is 11.2. The summed E-state index contributed by atoms with van der Waals surface area (Å²) < 4.78 is 11.0. The van der Waals surface area contributed by atoms with Crippen LogP contribution < -0.4 is 10.3 Å². The second kappa shape index (κ2) is 7.88. The van der Waals surface area contributed by atoms with Gasteiger partial charge in [0.05, 0.1) is 47.8 Å². The molecule has 1 N–H and O–H groups in total. The van der Waals surface area contributed by atoms with Crippen molar-refractivity contribution in [1.82, 2.24) is 10.3 Å². The van der Waals surface area contributed by atoms with Gasteiger partial charge in [-0.15, -0.1) is 0 Å². The number of furan rings is 1. The van der Waals surface area contributed by atoms with Crippen molar-refractivity contribution in [3.63, 3.8) is 0 Å². The normalized spacial score (nSPS) is 15.6. The van der Waals surface area contributed by atoms with Gasteiger partial charge < -0.3 is 14.5 Å². The van der Waals surface area contributed by atoms with Gasteiger partial charge in [-0.05, 0) is 31.2 Å². The molecule has 0 saturated carbocycles. The van der Waals surface area contributed by atoms with Gasteiger partial charge in [-0.1, -0.05) is 23.5 Å². The van der Waals surface area contributed by atoms with E-state index in [1.807, 2.05) is 30.3 Å². The number of ether oxygens (including phenoxy) is 1. The molecule has 4 rings (SSSR count). The first-order chi connectivity index (χ1) is 14.1. The van der Waals surface area contributed by atoms with Gasteiger partial charge >= 0.3 is 5.97 Å². The van der Waals surface area contributed by atoms with Gasteiger partial charge in [0, 0.05) is 5.70 Å². The second-order valence-corrected chi connectivity index (χ2v) is 7.32. The number of thiazole rings is 1. The van der Waals surface area contributed by atoms with E-state index in [0.29, 0.717) is 28.7 Å². The van der Waals surface area contributed by atoms with Crippen molar-refractivity contribution in [3.8, 4) is 0 Å². The number of benzene rings is 1. The number of para-hydroxylation sites is 1. The van der Waals surface area contributed by atoms with Crippen LogP contribution in [0.4, 0.5) is 5.13 Å². The van der Waals surface area contributed by atoms with E-state index in [4.69, 9.17) is 9.15 Å². The van der Waals surface area contributed by atoms with Gasteiger partial charge in [-0.2, -0.15) is 10.1 Å². The van der Waals surface area contributed by atoms with Crippen molar-refractivity contribution < 1.29 is 18.7 Å². The number of aromatic nitrogens is 1. The molecule has 1 aliphatic heterocycles. The number of allylic oxidation sites excluding steroid dienone is 1. The first-order valence-corrected chi connectivity index (χ1v) is 9.70. The van der Waals surface area contributed by atoms with Gasteiger partial charge in [-0.25, -0.2) is 4.98 Å². The molecule has 3 heterocycles. The van der Waals surface area contributed by atoms with Crippen LogP contribution >= 0.6 is 11.3 Å². The monoisotopic (exact) mass is 410 g/mol. The lowest BCUT2D eigenvalue weighted by Gasteiger charge is -2.10. The lowest BCUT2D eigenvalue weighted by atomic mass is 10.1. The number of nitrogens with zero attached hydrogens (tertiary/aromatic N) is 3. The number of anilines is 1. The third-order valence-corrected chi connectivity index (χ3v) is 5.41. The molecule has 1 aromatic carbocycles. The molecule has 0 bridgehead atoms. The number of hydrogen-bond donors (Lipinski definition) is 1. The first kappa shape index (κ1) is 18.9. The molecular formula is C20H18N4O4S. The van der Waals surface area contributed by atoms with Gasteiger partial charge in [0.2, 0.25) is 5.13 Å². The van der Waals surface area contributed by atoms with E-state index < -0.39 is 5.97 Å². The van der Waals surface area contributed by atoms with E-state index in [-0.39, 0.29) is 12.3 Å². The Hall–Kier alpha value is -3.46. The van der Waals surface area contributed by atoms with Crippen LogP contribution in [0.5, 0.6) is 0 Å². The molecule has 3 aromatic rings. The Morgan fingerprint density at radius 3 is 2.83 bits per heavy atom. The fourth-order valence-corrected chi connectivity index (χ4v) is 3.87. The average Bonchev–Trinajstić information content (AvgIpc) is 3.44. The highest BCUT2D eigenvalue weighted by molar-refractivity contribution is 7.22. The SMILES string of the molecule is COC(=O)CC1=NN(c2nc3ccccc3s2)C(=O)C1=C(C)NCc1ccco1. The van der Waals surface area contributed by atoms with E-state index in [0.717, 1.165) is 16.0 Å². The van der Waals surface area contributed by atoms with Gasteiger partial charge in [0.15, 0.2) is 0 Å². The van der Waals surface area contributed by atoms with Crippen LogP contribution in [-0.4, -0.2) is 29.7 Å². The van der Waals surface area contributed by atoms with Crippen LogP contribution in [0.15, 0.2) is 63.5 Å². The Kier molecular flexibility index (Phi) is 5.13. The lowest BCUT2D eigenvalue weighted by Crippen LogP contribution is -2.25. The Morgan fingerprint density at radius 2 is 2.10 bits per heavy atom. The number of rotatable bonds is 6. The largest absolute Gasteiger partial charge is 0.469 e. The molecule has 0 saturated heterocycles. The third-order valence-electron chi connectivity index (χ3n) is 4.40. The number of fused-ring (bicyclic) bond motifs is 1. The van der Waals surface area contributed by atoms with Gasteiger partial charge in [0.25, 0.3) is 5.91 Å². The van der Waals surface area contributed by atoms with E-state index in [1.165, 1.54) is 23.5 Å². The highest BCUT2D eigenvalue weighted by atomic mass is 32.1. The van der Waals surface area contributed by atoms with Crippen molar-refractivity contribution in [2.75, 3.05) is 12.1 Å². The summed E-state index contributed by atoms with van der Waals surface area (Å²) in [5, 5.41) is 9.26. The fourth-order valence-electron chi connectivity index (χ4n) is 2.96. The molecule has 8 nitrogen and oxygen atoms in total. The van der Waals surface area contributed by atoms with Crippen LogP contribution in [0.2, 0.25) is 0 Å². The zero-order valence-corrected chi connectivity index (χ0v) is 16.7. The minimum atomic E-state index is -0.473. The average molecular weight is 410 g/mol. The van der Waals surface area contributed by atoms with Crippen LogP contribution in [0.25, 0.3) is 10.2 Å². The van der Waals surface area contributed by atoms with Crippen molar-refractivity contribution in [1.29, 1.82) is 0 Å². The van der Waals surface area contributed by atoms with Crippen molar-refractivity contribution in [2.24, 2.45) is 5.10 Å². The predicted molar refractivity (Wildman–Crippen MR) is 109 cm³/mol. The fraction of sp³-hybridized carbons (Fsp3) is 0.200. The molecular weight excluding hydrogens is 392 g/mol. The van der Waals surface area contributed by atoms with Crippen LogP contribution in [0.3, 0.4) is 0 Å². The maximum atomic E-state index is 13.2. The van der Waals surface area contributed by atoms with Gasteiger partial charge in [0.1, 0.15) is 5.76 Å². The smallest absolute Gasteiger partial charge is 0.311 e. The van der Waals surface area contributed by atoms with Crippen molar-refractivity contribution in [2.45, 2.75) is 19.9 Å². The first-order valence-electron chi connectivity index (χ1n) is 8.88. The maximum absolute atomic E-state index is 13.2. The molecule has 1 aliphatic rings. The Balaban J connectivity index is 1.67. The number of methoxy groups -OCH3 is 1. The lowest BCUT2D eigenvalue weighted by molar-refractivity contribution is -0.139.